The van der Waals surface area contributed by atoms with Gasteiger partial charge in [-0.05, 0) is 64.2 Å². The van der Waals surface area contributed by atoms with E-state index in [1.54, 1.807) is 0 Å². The van der Waals surface area contributed by atoms with Crippen LogP contribution in [0, 0.1) is 77.4 Å². The van der Waals surface area contributed by atoms with Crippen molar-refractivity contribution in [1.82, 2.24) is 0 Å². The molecule has 0 bridgehead atoms. The third-order valence-corrected chi connectivity index (χ3v) is 2.29. The van der Waals surface area contributed by atoms with Crippen molar-refractivity contribution in [2.45, 2.75) is 26.7 Å². The Kier molecular flexibility index (Phi) is 18.4. The normalized spacial score (nSPS) is 16.3. The number of allylic oxidation sites excluding steroid dienone is 2. The molecule has 0 nitrogen and oxygen atoms in total. The standard InChI is InChI=1S/C8H12.2C5H5.Ti/c1-5-7(3)8(4)6-2;2*1-2-4-5-3-1;/h3-4H,5-6H2,1-2H3;2*1-5H;/q-2;;;+2. The molecule has 0 atom stereocenters. The summed E-state index contributed by atoms with van der Waals surface area (Å²) < 4.78 is 0. The van der Waals surface area contributed by atoms with Crippen molar-refractivity contribution in [3.8, 4) is 0 Å². The molecule has 0 aromatic carbocycles. The molecule has 0 amide bonds. The summed E-state index contributed by atoms with van der Waals surface area (Å²) in [5, 5.41) is 0. The summed E-state index contributed by atoms with van der Waals surface area (Å²) in [6, 6.07) is 0. The van der Waals surface area contributed by atoms with Crippen LogP contribution in [0.1, 0.15) is 26.7 Å². The summed E-state index contributed by atoms with van der Waals surface area (Å²) in [5.41, 5.74) is 1.65. The van der Waals surface area contributed by atoms with E-state index in [2.05, 4.69) is 0 Å². The van der Waals surface area contributed by atoms with Gasteiger partial charge in [0.05, 0.1) is 0 Å². The molecule has 0 saturated heterocycles. The van der Waals surface area contributed by atoms with Crippen molar-refractivity contribution >= 4 is 0 Å². The minimum absolute atomic E-state index is 0. The Morgan fingerprint density at radius 3 is 0.842 bits per heavy atom. The molecule has 2 fully saturated rings. The Hall–Kier alpha value is 0.194. The Balaban J connectivity index is 0. The molecule has 0 aromatic rings. The van der Waals surface area contributed by atoms with Crippen molar-refractivity contribution in [3.63, 3.8) is 0 Å². The van der Waals surface area contributed by atoms with E-state index in [0.29, 0.717) is 0 Å². The van der Waals surface area contributed by atoms with Gasteiger partial charge in [-0.25, -0.2) is 0 Å². The summed E-state index contributed by atoms with van der Waals surface area (Å²) in [5.74, 6) is 0. The van der Waals surface area contributed by atoms with Crippen molar-refractivity contribution in [1.29, 1.82) is 0 Å². The molecule has 2 saturated carbocycles. The Morgan fingerprint density at radius 2 is 0.737 bits per heavy atom. The first-order valence-electron chi connectivity index (χ1n) is 6.28. The zero-order valence-corrected chi connectivity index (χ0v) is 13.4. The molecule has 19 heavy (non-hydrogen) atoms. The maximum absolute atomic E-state index is 5.48. The fourth-order valence-electron chi connectivity index (χ4n) is 1.10. The Labute approximate surface area is 137 Å². The molecule has 2 aliphatic rings. The van der Waals surface area contributed by atoms with Gasteiger partial charge in [0.25, 0.3) is 0 Å². The quantitative estimate of drug-likeness (QED) is 0.405. The van der Waals surface area contributed by atoms with Crippen molar-refractivity contribution in [2.24, 2.45) is 0 Å². The van der Waals surface area contributed by atoms with Crippen LogP contribution in [0.4, 0.5) is 0 Å². The van der Waals surface area contributed by atoms with E-state index in [-0.39, 0.29) is 21.7 Å². The fourth-order valence-corrected chi connectivity index (χ4v) is 1.10. The van der Waals surface area contributed by atoms with Crippen LogP contribution in [0.25, 0.3) is 0 Å². The first-order valence-corrected chi connectivity index (χ1v) is 6.28. The Morgan fingerprint density at radius 1 is 0.579 bits per heavy atom. The third-order valence-electron chi connectivity index (χ3n) is 2.29. The summed E-state index contributed by atoms with van der Waals surface area (Å²) in [6.45, 7) is 15.0. The van der Waals surface area contributed by atoms with Crippen LogP contribution in [0.15, 0.2) is 11.1 Å². The minimum Gasteiger partial charge on any atom is -0.390 e. The largest absolute Gasteiger partial charge is 2.00 e. The van der Waals surface area contributed by atoms with Gasteiger partial charge in [0.15, 0.2) is 0 Å². The monoisotopic (exact) mass is 286 g/mol. The van der Waals surface area contributed by atoms with Gasteiger partial charge in [-0.15, -0.1) is 12.8 Å². The van der Waals surface area contributed by atoms with E-state index < -0.39 is 0 Å². The first kappa shape index (κ1) is 21.5. The van der Waals surface area contributed by atoms with Gasteiger partial charge in [0.2, 0.25) is 0 Å². The third kappa shape index (κ3) is 14.4. The smallest absolute Gasteiger partial charge is 0.390 e. The second-order valence-corrected chi connectivity index (χ2v) is 3.68. The molecule has 0 unspecified atom stereocenters. The summed E-state index contributed by atoms with van der Waals surface area (Å²) >= 11 is 0. The number of hydrogen-bond donors (Lipinski definition) is 0. The molecule has 0 aromatic heterocycles. The SMILES string of the molecule is [CH-]=C(CC)C(=[CH-])CC.[CH]1[CH][CH][CH][CH]1.[CH]1[CH][CH][CH][CH]1.[Ti+2]. The van der Waals surface area contributed by atoms with Crippen molar-refractivity contribution in [3.05, 3.63) is 88.5 Å². The molecule has 2 rings (SSSR count). The van der Waals surface area contributed by atoms with E-state index in [4.69, 9.17) is 13.2 Å². The summed E-state index contributed by atoms with van der Waals surface area (Å²) in [7, 11) is 0. The molecule has 2 aliphatic carbocycles. The number of rotatable bonds is 3. The molecular formula is C18H22Ti. The molecular weight excluding hydrogens is 264 g/mol. The van der Waals surface area contributed by atoms with Gasteiger partial charge >= 0.3 is 21.7 Å². The molecule has 0 spiro atoms. The van der Waals surface area contributed by atoms with Crippen LogP contribution in [-0.4, -0.2) is 0 Å². The van der Waals surface area contributed by atoms with Gasteiger partial charge in [0.1, 0.15) is 0 Å². The van der Waals surface area contributed by atoms with Gasteiger partial charge < -0.3 is 24.3 Å². The van der Waals surface area contributed by atoms with Gasteiger partial charge in [-0.2, -0.15) is 0 Å². The van der Waals surface area contributed by atoms with Gasteiger partial charge in [0, 0.05) is 0 Å². The predicted molar refractivity (Wildman–Crippen MR) is 79.2 cm³/mol. The Bertz CT molecular complexity index is 171. The molecule has 10 radical (unpaired) electrons. The van der Waals surface area contributed by atoms with Crippen LogP contribution in [0.3, 0.4) is 0 Å². The van der Waals surface area contributed by atoms with E-state index in [1.807, 2.05) is 78.1 Å². The number of hydrogen-bond acceptors (Lipinski definition) is 0. The van der Waals surface area contributed by atoms with Crippen LogP contribution in [0.2, 0.25) is 0 Å². The molecule has 98 valence electrons. The molecule has 0 heterocycles. The second kappa shape index (κ2) is 16.2. The molecule has 1 heteroatoms. The predicted octanol–water partition coefficient (Wildman–Crippen LogP) is 4.57. The van der Waals surface area contributed by atoms with E-state index in [9.17, 15) is 0 Å². The zero-order valence-electron chi connectivity index (χ0n) is 11.8. The topological polar surface area (TPSA) is 0 Å². The molecule has 0 aliphatic heterocycles. The maximum atomic E-state index is 5.48. The second-order valence-electron chi connectivity index (χ2n) is 3.68. The average molecular weight is 286 g/mol. The zero-order chi connectivity index (χ0) is 13.6. The van der Waals surface area contributed by atoms with Gasteiger partial charge in [-0.1, -0.05) is 13.8 Å². The van der Waals surface area contributed by atoms with Crippen LogP contribution in [-0.2, 0) is 21.7 Å². The van der Waals surface area contributed by atoms with Gasteiger partial charge in [-0.3, -0.25) is 0 Å². The minimum atomic E-state index is 0. The van der Waals surface area contributed by atoms with Crippen LogP contribution >= 0.6 is 0 Å². The maximum Gasteiger partial charge on any atom is 2.00 e. The van der Waals surface area contributed by atoms with Crippen LogP contribution < -0.4 is 0 Å². The van der Waals surface area contributed by atoms with E-state index in [0.717, 1.165) is 24.0 Å². The van der Waals surface area contributed by atoms with E-state index in [1.165, 1.54) is 0 Å². The van der Waals surface area contributed by atoms with E-state index >= 15 is 0 Å². The summed E-state index contributed by atoms with van der Waals surface area (Å²) in [4.78, 5) is 0. The first-order chi connectivity index (χ1) is 8.72. The van der Waals surface area contributed by atoms with Crippen LogP contribution in [0.5, 0.6) is 0 Å². The van der Waals surface area contributed by atoms with Crippen molar-refractivity contribution < 1.29 is 21.7 Å². The van der Waals surface area contributed by atoms with Crippen molar-refractivity contribution in [2.75, 3.05) is 0 Å². The fraction of sp³-hybridized carbons (Fsp3) is 0.222. The summed E-state index contributed by atoms with van der Waals surface area (Å²) in [6.07, 6.45) is 21.7. The molecule has 0 N–H and O–H groups in total. The average Bonchev–Trinajstić information content (AvgIpc) is 3.12.